The number of benzene rings is 2. The van der Waals surface area contributed by atoms with Crippen LogP contribution in [0.4, 0.5) is 11.8 Å². The van der Waals surface area contributed by atoms with E-state index in [1.165, 1.54) is 21.9 Å². The van der Waals surface area contributed by atoms with Crippen molar-refractivity contribution < 1.29 is 0 Å². The lowest BCUT2D eigenvalue weighted by atomic mass is 10.1. The number of rotatable bonds is 6. The molecule has 3 aromatic heterocycles. The SMILES string of the molecule is Cc1cc(NCc2ccc3[nH]ccc3c2)nc(NCc2ccc3[nH]ccc3c2)n1. The minimum absolute atomic E-state index is 0.628. The summed E-state index contributed by atoms with van der Waals surface area (Å²) in [5, 5.41) is 9.17. The van der Waals surface area contributed by atoms with E-state index >= 15 is 0 Å². The molecule has 0 aliphatic heterocycles. The molecule has 5 rings (SSSR count). The first-order valence-electron chi connectivity index (χ1n) is 9.68. The molecular weight excluding hydrogens is 360 g/mol. The van der Waals surface area contributed by atoms with E-state index in [1.807, 2.05) is 25.4 Å². The fourth-order valence-electron chi connectivity index (χ4n) is 3.54. The van der Waals surface area contributed by atoms with Crippen LogP contribution in [-0.2, 0) is 13.1 Å². The predicted molar refractivity (Wildman–Crippen MR) is 118 cm³/mol. The van der Waals surface area contributed by atoms with Gasteiger partial charge in [0.1, 0.15) is 5.82 Å². The summed E-state index contributed by atoms with van der Waals surface area (Å²) in [6.07, 6.45) is 3.92. The first kappa shape index (κ1) is 17.3. The highest BCUT2D eigenvalue weighted by molar-refractivity contribution is 5.80. The lowest BCUT2D eigenvalue weighted by molar-refractivity contribution is 1.01. The molecule has 29 heavy (non-hydrogen) atoms. The summed E-state index contributed by atoms with van der Waals surface area (Å²) in [4.78, 5) is 15.6. The smallest absolute Gasteiger partial charge is 0.225 e. The Bertz CT molecular complexity index is 1190. The Kier molecular flexibility index (Phi) is 4.37. The minimum Gasteiger partial charge on any atom is -0.366 e. The Morgan fingerprint density at radius 1 is 0.724 bits per heavy atom. The quantitative estimate of drug-likeness (QED) is 0.334. The number of hydrogen-bond donors (Lipinski definition) is 4. The molecule has 4 N–H and O–H groups in total. The monoisotopic (exact) mass is 382 g/mol. The average molecular weight is 382 g/mol. The zero-order valence-electron chi connectivity index (χ0n) is 16.2. The summed E-state index contributed by atoms with van der Waals surface area (Å²) < 4.78 is 0. The lowest BCUT2D eigenvalue weighted by Crippen LogP contribution is -2.08. The van der Waals surface area contributed by atoms with Gasteiger partial charge in [0.05, 0.1) is 0 Å². The summed E-state index contributed by atoms with van der Waals surface area (Å²) >= 11 is 0. The molecule has 5 aromatic rings. The maximum Gasteiger partial charge on any atom is 0.225 e. The van der Waals surface area contributed by atoms with Crippen LogP contribution in [0.5, 0.6) is 0 Å². The Hall–Kier alpha value is -3.80. The van der Waals surface area contributed by atoms with Crippen molar-refractivity contribution in [2.75, 3.05) is 10.6 Å². The van der Waals surface area contributed by atoms with E-state index in [1.54, 1.807) is 0 Å². The van der Waals surface area contributed by atoms with Crippen molar-refractivity contribution in [2.24, 2.45) is 0 Å². The molecule has 0 spiro atoms. The summed E-state index contributed by atoms with van der Waals surface area (Å²) in [5.41, 5.74) is 5.62. The molecule has 0 radical (unpaired) electrons. The fourth-order valence-corrected chi connectivity index (χ4v) is 3.54. The zero-order chi connectivity index (χ0) is 19.6. The fraction of sp³-hybridized carbons (Fsp3) is 0.130. The van der Waals surface area contributed by atoms with Gasteiger partial charge in [0.15, 0.2) is 0 Å². The summed E-state index contributed by atoms with van der Waals surface area (Å²) in [6, 6.07) is 18.9. The van der Waals surface area contributed by atoms with Gasteiger partial charge in [-0.2, -0.15) is 4.98 Å². The van der Waals surface area contributed by atoms with E-state index in [0.29, 0.717) is 19.0 Å². The summed E-state index contributed by atoms with van der Waals surface area (Å²) in [6.45, 7) is 3.37. The van der Waals surface area contributed by atoms with Crippen molar-refractivity contribution in [2.45, 2.75) is 20.0 Å². The van der Waals surface area contributed by atoms with Gasteiger partial charge in [-0.25, -0.2) is 4.98 Å². The Labute approximate surface area is 168 Å². The topological polar surface area (TPSA) is 81.4 Å². The molecule has 0 aliphatic rings. The van der Waals surface area contributed by atoms with Crippen molar-refractivity contribution in [3.63, 3.8) is 0 Å². The molecule has 0 unspecified atom stereocenters. The third-order valence-electron chi connectivity index (χ3n) is 5.01. The number of fused-ring (bicyclic) bond motifs is 2. The number of nitrogens with zero attached hydrogens (tertiary/aromatic N) is 2. The number of nitrogens with one attached hydrogen (secondary N) is 4. The highest BCUT2D eigenvalue weighted by Crippen LogP contribution is 2.18. The van der Waals surface area contributed by atoms with Crippen LogP contribution in [0.1, 0.15) is 16.8 Å². The second-order valence-corrected chi connectivity index (χ2v) is 7.22. The third kappa shape index (κ3) is 3.78. The molecule has 0 fully saturated rings. The average Bonchev–Trinajstić information content (AvgIpc) is 3.38. The molecule has 0 bridgehead atoms. The van der Waals surface area contributed by atoms with Crippen LogP contribution >= 0.6 is 0 Å². The second-order valence-electron chi connectivity index (χ2n) is 7.22. The van der Waals surface area contributed by atoms with Crippen LogP contribution in [0.15, 0.2) is 67.0 Å². The maximum atomic E-state index is 4.62. The number of aromatic amines is 2. The van der Waals surface area contributed by atoms with Crippen molar-refractivity contribution in [3.8, 4) is 0 Å². The number of anilines is 2. The standard InChI is InChI=1S/C23H22N6/c1-15-10-22(26-13-16-2-4-20-18(11-16)6-8-24-20)29-23(28-15)27-14-17-3-5-21-19(12-17)7-9-25-21/h2-12,24-25H,13-14H2,1H3,(H2,26,27,28,29). The molecule has 2 aromatic carbocycles. The van der Waals surface area contributed by atoms with Crippen molar-refractivity contribution >= 4 is 33.6 Å². The number of hydrogen-bond acceptors (Lipinski definition) is 4. The van der Waals surface area contributed by atoms with Crippen LogP contribution in [0.3, 0.4) is 0 Å². The van der Waals surface area contributed by atoms with Crippen LogP contribution in [0, 0.1) is 6.92 Å². The Balaban J connectivity index is 1.27. The van der Waals surface area contributed by atoms with Crippen LogP contribution in [-0.4, -0.2) is 19.9 Å². The molecule has 0 saturated heterocycles. The van der Waals surface area contributed by atoms with E-state index in [4.69, 9.17) is 0 Å². The minimum atomic E-state index is 0.628. The van der Waals surface area contributed by atoms with Gasteiger partial charge in [0.2, 0.25) is 5.95 Å². The molecule has 6 heteroatoms. The van der Waals surface area contributed by atoms with Crippen LogP contribution in [0.2, 0.25) is 0 Å². The molecule has 6 nitrogen and oxygen atoms in total. The van der Waals surface area contributed by atoms with E-state index in [9.17, 15) is 0 Å². The third-order valence-corrected chi connectivity index (χ3v) is 5.01. The lowest BCUT2D eigenvalue weighted by Gasteiger charge is -2.10. The van der Waals surface area contributed by atoms with Gasteiger partial charge < -0.3 is 20.6 Å². The van der Waals surface area contributed by atoms with Gasteiger partial charge in [-0.1, -0.05) is 12.1 Å². The molecule has 144 valence electrons. The number of aromatic nitrogens is 4. The van der Waals surface area contributed by atoms with Gasteiger partial charge in [0.25, 0.3) is 0 Å². The second kappa shape index (κ2) is 7.31. The highest BCUT2D eigenvalue weighted by Gasteiger charge is 2.04. The highest BCUT2D eigenvalue weighted by atomic mass is 15.1. The first-order chi connectivity index (χ1) is 14.2. The molecule has 0 aliphatic carbocycles. The van der Waals surface area contributed by atoms with Crippen LogP contribution < -0.4 is 10.6 Å². The number of aryl methyl sites for hydroxylation is 1. The van der Waals surface area contributed by atoms with Gasteiger partial charge in [-0.15, -0.1) is 0 Å². The molecule has 0 atom stereocenters. The molecule has 0 saturated carbocycles. The van der Waals surface area contributed by atoms with E-state index in [-0.39, 0.29) is 0 Å². The van der Waals surface area contributed by atoms with Gasteiger partial charge in [0, 0.05) is 48.3 Å². The van der Waals surface area contributed by atoms with E-state index in [2.05, 4.69) is 79.1 Å². The molecular formula is C23H22N6. The predicted octanol–water partition coefficient (Wildman–Crippen LogP) is 4.97. The number of H-pyrrole nitrogens is 2. The van der Waals surface area contributed by atoms with Crippen molar-refractivity contribution in [1.82, 2.24) is 19.9 Å². The van der Waals surface area contributed by atoms with Gasteiger partial charge >= 0.3 is 0 Å². The summed E-state index contributed by atoms with van der Waals surface area (Å²) in [7, 11) is 0. The zero-order valence-corrected chi connectivity index (χ0v) is 16.2. The Morgan fingerprint density at radius 3 is 2.00 bits per heavy atom. The normalized spacial score (nSPS) is 11.2. The van der Waals surface area contributed by atoms with E-state index < -0.39 is 0 Å². The van der Waals surface area contributed by atoms with Crippen LogP contribution in [0.25, 0.3) is 21.8 Å². The van der Waals surface area contributed by atoms with Crippen molar-refractivity contribution in [3.05, 3.63) is 83.8 Å². The Morgan fingerprint density at radius 2 is 1.34 bits per heavy atom. The van der Waals surface area contributed by atoms with Crippen molar-refractivity contribution in [1.29, 1.82) is 0 Å². The van der Waals surface area contributed by atoms with Gasteiger partial charge in [-0.3, -0.25) is 0 Å². The molecule has 0 amide bonds. The van der Waals surface area contributed by atoms with E-state index in [0.717, 1.165) is 22.5 Å². The largest absolute Gasteiger partial charge is 0.366 e. The summed E-state index contributed by atoms with van der Waals surface area (Å²) in [5.74, 6) is 1.44. The molecule has 3 heterocycles. The maximum absolute atomic E-state index is 4.62. The van der Waals surface area contributed by atoms with Gasteiger partial charge in [-0.05, 0) is 65.2 Å². The first-order valence-corrected chi connectivity index (χ1v) is 9.68.